The fraction of sp³-hybridized carbons (Fsp3) is 0.391. The summed E-state index contributed by atoms with van der Waals surface area (Å²) in [6.45, 7) is 3.32. The number of rotatable bonds is 11. The van der Waals surface area contributed by atoms with Gasteiger partial charge in [0.1, 0.15) is 0 Å². The molecule has 0 atom stereocenters. The zero-order valence-electron chi connectivity index (χ0n) is 17.0. The van der Waals surface area contributed by atoms with E-state index in [0.717, 1.165) is 36.2 Å². The second-order valence-corrected chi connectivity index (χ2v) is 8.76. The van der Waals surface area contributed by atoms with Crippen molar-refractivity contribution in [1.29, 1.82) is 0 Å². The van der Waals surface area contributed by atoms with Gasteiger partial charge in [-0.25, -0.2) is 0 Å². The molecule has 2 rings (SSSR count). The number of hydrogen-bond donors (Lipinski definition) is 1. The average molecular weight is 488 g/mol. The van der Waals surface area contributed by atoms with Crippen molar-refractivity contribution in [2.24, 2.45) is 4.99 Å². The lowest BCUT2D eigenvalue weighted by Crippen LogP contribution is -2.31. The molecule has 0 saturated carbocycles. The van der Waals surface area contributed by atoms with E-state index in [1.165, 1.54) is 12.8 Å². The summed E-state index contributed by atoms with van der Waals surface area (Å²) in [6, 6.07) is 10.8. The minimum Gasteiger partial charge on any atom is -0.351 e. The summed E-state index contributed by atoms with van der Waals surface area (Å²) in [7, 11) is 0. The number of carbonyl (C=O) groups is 1. The summed E-state index contributed by atoms with van der Waals surface area (Å²) >= 11 is 24.1. The minimum atomic E-state index is -0.0961. The molecule has 0 saturated heterocycles. The van der Waals surface area contributed by atoms with Crippen LogP contribution in [-0.2, 0) is 17.6 Å². The minimum absolute atomic E-state index is 0.0961. The monoisotopic (exact) mass is 486 g/mol. The molecule has 0 aliphatic heterocycles. The average Bonchev–Trinajstić information content (AvgIpc) is 2.71. The van der Waals surface area contributed by atoms with Gasteiger partial charge in [-0.15, -0.1) is 0 Å². The lowest BCUT2D eigenvalue weighted by molar-refractivity contribution is -0.120. The van der Waals surface area contributed by atoms with Crippen molar-refractivity contribution in [2.45, 2.75) is 45.4 Å². The van der Waals surface area contributed by atoms with E-state index in [2.05, 4.69) is 12.2 Å². The van der Waals surface area contributed by atoms with Crippen LogP contribution < -0.4 is 5.32 Å². The number of halogens is 4. The Morgan fingerprint density at radius 2 is 1.43 bits per heavy atom. The summed E-state index contributed by atoms with van der Waals surface area (Å²) in [5.74, 6) is -0.0961. The van der Waals surface area contributed by atoms with Gasteiger partial charge in [0.2, 0.25) is 5.91 Å². The Balaban J connectivity index is 1.98. The molecule has 0 bridgehead atoms. The van der Waals surface area contributed by atoms with E-state index in [9.17, 15) is 4.79 Å². The Bertz CT molecular complexity index is 884. The van der Waals surface area contributed by atoms with Crippen LogP contribution in [0.15, 0.2) is 41.4 Å². The van der Waals surface area contributed by atoms with Crippen molar-refractivity contribution in [3.63, 3.8) is 0 Å². The molecule has 7 heteroatoms. The molecule has 0 heterocycles. The molecule has 0 aromatic heterocycles. The highest BCUT2D eigenvalue weighted by Crippen LogP contribution is 2.23. The van der Waals surface area contributed by atoms with Crippen LogP contribution in [0.1, 0.15) is 43.7 Å². The quantitative estimate of drug-likeness (QED) is 0.263. The predicted octanol–water partition coefficient (Wildman–Crippen LogP) is 7.22. The van der Waals surface area contributed by atoms with Gasteiger partial charge in [-0.3, -0.25) is 9.79 Å². The summed E-state index contributed by atoms with van der Waals surface area (Å²) in [4.78, 5) is 17.1. The second-order valence-electron chi connectivity index (χ2n) is 7.14. The maximum absolute atomic E-state index is 12.4. The van der Waals surface area contributed by atoms with Crippen molar-refractivity contribution in [3.8, 4) is 0 Å². The highest BCUT2D eigenvalue weighted by atomic mass is 35.5. The van der Waals surface area contributed by atoms with Gasteiger partial charge < -0.3 is 5.32 Å². The number of unbranched alkanes of at least 4 members (excludes halogenated alkanes) is 3. The molecule has 0 aliphatic rings. The van der Waals surface area contributed by atoms with Crippen LogP contribution in [-0.4, -0.2) is 24.7 Å². The molecule has 0 radical (unpaired) electrons. The number of nitrogens with zero attached hydrogens (tertiary/aromatic N) is 1. The first-order chi connectivity index (χ1) is 14.4. The smallest absolute Gasteiger partial charge is 0.224 e. The van der Waals surface area contributed by atoms with Gasteiger partial charge >= 0.3 is 0 Å². The lowest BCUT2D eigenvalue weighted by Gasteiger charge is -2.11. The van der Waals surface area contributed by atoms with Crippen molar-refractivity contribution in [1.82, 2.24) is 5.32 Å². The molecule has 30 heavy (non-hydrogen) atoms. The highest BCUT2D eigenvalue weighted by Gasteiger charge is 2.09. The summed E-state index contributed by atoms with van der Waals surface area (Å²) in [5.41, 5.74) is 2.73. The second kappa shape index (κ2) is 13.2. The molecule has 0 fully saturated rings. The van der Waals surface area contributed by atoms with E-state index in [4.69, 9.17) is 51.4 Å². The predicted molar refractivity (Wildman–Crippen MR) is 130 cm³/mol. The van der Waals surface area contributed by atoms with E-state index in [1.807, 2.05) is 12.1 Å². The van der Waals surface area contributed by atoms with Crippen LogP contribution in [0.3, 0.4) is 0 Å². The van der Waals surface area contributed by atoms with Crippen molar-refractivity contribution in [2.75, 3.05) is 13.1 Å². The number of aliphatic imine (C=N–C) groups is 1. The Labute approximate surface area is 198 Å². The zero-order chi connectivity index (χ0) is 21.9. The first kappa shape index (κ1) is 25.0. The van der Waals surface area contributed by atoms with Crippen LogP contribution in [0.25, 0.3) is 0 Å². The summed E-state index contributed by atoms with van der Waals surface area (Å²) in [5, 5.41) is 4.91. The van der Waals surface area contributed by atoms with Crippen LogP contribution in [0.5, 0.6) is 0 Å². The van der Waals surface area contributed by atoms with Gasteiger partial charge in [-0.05, 0) is 41.8 Å². The largest absolute Gasteiger partial charge is 0.351 e. The topological polar surface area (TPSA) is 41.5 Å². The number of nitrogens with one attached hydrogen (secondary N) is 1. The number of carbonyl (C=O) groups excluding carboxylic acids is 1. The number of hydrogen-bond acceptors (Lipinski definition) is 2. The molecule has 0 aliphatic carbocycles. The van der Waals surface area contributed by atoms with E-state index in [0.29, 0.717) is 33.1 Å². The SMILES string of the molecule is CCCCCCN=C(CNC(=O)Cc1ccc(Cl)c(Cl)c1)Cc1ccc(Cl)c(Cl)c1. The number of benzene rings is 2. The molecule has 0 spiro atoms. The standard InChI is InChI=1S/C23H26Cl4N2O/c1-2-3-4-5-10-28-18(11-16-6-8-19(24)21(26)12-16)15-29-23(30)14-17-7-9-20(25)22(27)13-17/h6-9,12-13H,2-5,10-11,14-15H2,1H3,(H,29,30). The normalized spacial score (nSPS) is 11.6. The van der Waals surface area contributed by atoms with Crippen LogP contribution in [0, 0.1) is 0 Å². The van der Waals surface area contributed by atoms with Gasteiger partial charge in [0.15, 0.2) is 0 Å². The molecule has 1 N–H and O–H groups in total. The van der Waals surface area contributed by atoms with Gasteiger partial charge in [0.05, 0.1) is 33.1 Å². The van der Waals surface area contributed by atoms with Gasteiger partial charge in [0, 0.05) is 18.7 Å². The Morgan fingerprint density at radius 3 is 2.00 bits per heavy atom. The Morgan fingerprint density at radius 1 is 0.833 bits per heavy atom. The molecule has 0 unspecified atom stereocenters. The molecular weight excluding hydrogens is 462 g/mol. The lowest BCUT2D eigenvalue weighted by atomic mass is 10.1. The summed E-state index contributed by atoms with van der Waals surface area (Å²) in [6.07, 6.45) is 5.42. The van der Waals surface area contributed by atoms with Gasteiger partial charge in [-0.1, -0.05) is 84.7 Å². The van der Waals surface area contributed by atoms with Gasteiger partial charge in [-0.2, -0.15) is 0 Å². The summed E-state index contributed by atoms with van der Waals surface area (Å²) < 4.78 is 0. The molecule has 3 nitrogen and oxygen atoms in total. The maximum Gasteiger partial charge on any atom is 0.224 e. The molecular formula is C23H26Cl4N2O. The zero-order valence-corrected chi connectivity index (χ0v) is 20.0. The first-order valence-corrected chi connectivity index (χ1v) is 11.6. The molecule has 2 aromatic carbocycles. The van der Waals surface area contributed by atoms with Crippen LogP contribution in [0.4, 0.5) is 0 Å². The third-order valence-corrected chi connectivity index (χ3v) is 6.06. The molecule has 1 amide bonds. The van der Waals surface area contributed by atoms with Crippen molar-refractivity contribution in [3.05, 3.63) is 67.6 Å². The number of amides is 1. The molecule has 162 valence electrons. The van der Waals surface area contributed by atoms with E-state index >= 15 is 0 Å². The maximum atomic E-state index is 12.4. The van der Waals surface area contributed by atoms with E-state index < -0.39 is 0 Å². The van der Waals surface area contributed by atoms with E-state index in [-0.39, 0.29) is 12.3 Å². The van der Waals surface area contributed by atoms with Crippen LogP contribution in [0.2, 0.25) is 20.1 Å². The highest BCUT2D eigenvalue weighted by molar-refractivity contribution is 6.42. The van der Waals surface area contributed by atoms with Crippen molar-refractivity contribution < 1.29 is 4.79 Å². The first-order valence-electron chi connectivity index (χ1n) is 10.1. The molecule has 2 aromatic rings. The van der Waals surface area contributed by atoms with Gasteiger partial charge in [0.25, 0.3) is 0 Å². The third-order valence-electron chi connectivity index (χ3n) is 4.58. The fourth-order valence-corrected chi connectivity index (χ4v) is 3.57. The Hall–Kier alpha value is -1.26. The van der Waals surface area contributed by atoms with Crippen molar-refractivity contribution >= 4 is 58.0 Å². The fourth-order valence-electron chi connectivity index (χ4n) is 2.93. The Kier molecular flexibility index (Phi) is 11.0. The van der Waals surface area contributed by atoms with E-state index in [1.54, 1.807) is 24.3 Å². The van der Waals surface area contributed by atoms with Crippen LogP contribution >= 0.6 is 46.4 Å². The third kappa shape index (κ3) is 8.85.